The van der Waals surface area contributed by atoms with Crippen molar-refractivity contribution in [3.63, 3.8) is 0 Å². The fourth-order valence-corrected chi connectivity index (χ4v) is 4.19. The minimum Gasteiger partial charge on any atom is -0.459 e. The molecule has 0 aromatic carbocycles. The molecule has 3 amide bonds. The summed E-state index contributed by atoms with van der Waals surface area (Å²) in [4.78, 5) is 48.6. The largest absolute Gasteiger partial charge is 0.459 e. The first-order valence-corrected chi connectivity index (χ1v) is 9.49. The molecule has 0 unspecified atom stereocenters. The molecule has 2 heterocycles. The van der Waals surface area contributed by atoms with Crippen LogP contribution in [0, 0.1) is 0 Å². The molecular formula is C18H19N3O6S. The Hall–Kier alpha value is -3.14. The number of amides is 3. The maximum atomic E-state index is 12.6. The molecule has 0 bridgehead atoms. The molecule has 3 rings (SSSR count). The second-order valence-corrected chi connectivity index (χ2v) is 7.26. The number of fused-ring (bicyclic) bond motifs is 1. The van der Waals surface area contributed by atoms with Gasteiger partial charge in [0.15, 0.2) is 12.4 Å². The van der Waals surface area contributed by atoms with Gasteiger partial charge in [-0.05, 0) is 43.4 Å². The molecule has 2 aromatic rings. The molecular weight excluding hydrogens is 386 g/mol. The number of thiophene rings is 1. The van der Waals surface area contributed by atoms with Crippen molar-refractivity contribution in [3.8, 4) is 0 Å². The molecule has 0 aliphatic heterocycles. The Balaban J connectivity index is 1.59. The first kappa shape index (κ1) is 19.6. The number of anilines is 1. The molecule has 0 spiro atoms. The second kappa shape index (κ2) is 8.70. The molecule has 3 N–H and O–H groups in total. The van der Waals surface area contributed by atoms with Crippen LogP contribution in [0.4, 0.5) is 5.00 Å². The number of aryl methyl sites for hydroxylation is 1. The third-order valence-electron chi connectivity index (χ3n) is 4.06. The number of ether oxygens (including phenoxy) is 1. The summed E-state index contributed by atoms with van der Waals surface area (Å²) in [7, 11) is 0. The van der Waals surface area contributed by atoms with Gasteiger partial charge in [0, 0.05) is 11.8 Å². The van der Waals surface area contributed by atoms with Crippen molar-refractivity contribution < 1.29 is 28.3 Å². The number of hydrogen-bond acceptors (Lipinski definition) is 7. The van der Waals surface area contributed by atoms with E-state index in [-0.39, 0.29) is 11.7 Å². The van der Waals surface area contributed by atoms with Gasteiger partial charge < -0.3 is 14.5 Å². The van der Waals surface area contributed by atoms with Crippen molar-refractivity contribution >= 4 is 40.0 Å². The number of nitrogens with one attached hydrogen (secondary N) is 3. The lowest BCUT2D eigenvalue weighted by atomic mass is 9.95. The number of hydrazine groups is 1. The number of carbonyl (C=O) groups excluding carboxylic acids is 4. The van der Waals surface area contributed by atoms with Crippen molar-refractivity contribution in [3.05, 3.63) is 40.2 Å². The summed E-state index contributed by atoms with van der Waals surface area (Å²) in [5.41, 5.74) is 5.47. The monoisotopic (exact) mass is 405 g/mol. The van der Waals surface area contributed by atoms with E-state index < -0.39 is 24.4 Å². The summed E-state index contributed by atoms with van der Waals surface area (Å²) < 4.78 is 9.98. The van der Waals surface area contributed by atoms with Crippen LogP contribution in [0.25, 0.3) is 0 Å². The van der Waals surface area contributed by atoms with Crippen molar-refractivity contribution in [2.45, 2.75) is 32.6 Å². The van der Waals surface area contributed by atoms with E-state index in [4.69, 9.17) is 9.15 Å². The molecule has 0 atom stereocenters. The molecule has 28 heavy (non-hydrogen) atoms. The first-order valence-electron chi connectivity index (χ1n) is 8.67. The summed E-state index contributed by atoms with van der Waals surface area (Å²) in [6.07, 6.45) is 4.87. The van der Waals surface area contributed by atoms with Crippen LogP contribution in [0.3, 0.4) is 0 Å². The van der Waals surface area contributed by atoms with E-state index in [0.29, 0.717) is 10.6 Å². The lowest BCUT2D eigenvalue weighted by Gasteiger charge is -2.13. The fraction of sp³-hybridized carbons (Fsp3) is 0.333. The second-order valence-electron chi connectivity index (χ2n) is 6.15. The zero-order chi connectivity index (χ0) is 20.1. The summed E-state index contributed by atoms with van der Waals surface area (Å²) in [6.45, 7) is 0.782. The van der Waals surface area contributed by atoms with Crippen LogP contribution in [0.5, 0.6) is 0 Å². The average molecular weight is 405 g/mol. The van der Waals surface area contributed by atoms with E-state index in [1.165, 1.54) is 36.7 Å². The van der Waals surface area contributed by atoms with Crippen LogP contribution in [-0.2, 0) is 27.2 Å². The van der Waals surface area contributed by atoms with E-state index in [9.17, 15) is 19.2 Å². The van der Waals surface area contributed by atoms with Crippen molar-refractivity contribution in [2.75, 3.05) is 11.9 Å². The van der Waals surface area contributed by atoms with Gasteiger partial charge >= 0.3 is 11.9 Å². The molecule has 0 saturated carbocycles. The van der Waals surface area contributed by atoms with Crippen LogP contribution in [-0.4, -0.2) is 30.3 Å². The molecule has 0 fully saturated rings. The van der Waals surface area contributed by atoms with Crippen LogP contribution >= 0.6 is 11.3 Å². The van der Waals surface area contributed by atoms with Gasteiger partial charge in [-0.2, -0.15) is 0 Å². The van der Waals surface area contributed by atoms with Gasteiger partial charge in [-0.25, -0.2) is 4.79 Å². The van der Waals surface area contributed by atoms with Crippen LogP contribution in [0.2, 0.25) is 0 Å². The van der Waals surface area contributed by atoms with Gasteiger partial charge in [0.25, 0.3) is 5.91 Å². The minimum absolute atomic E-state index is 0.0298. The molecule has 0 radical (unpaired) electrons. The van der Waals surface area contributed by atoms with E-state index in [1.54, 1.807) is 0 Å². The maximum Gasteiger partial charge on any atom is 0.341 e. The average Bonchev–Trinajstić information content (AvgIpc) is 3.31. The van der Waals surface area contributed by atoms with E-state index in [2.05, 4.69) is 16.2 Å². The predicted octanol–water partition coefficient (Wildman–Crippen LogP) is 1.80. The highest BCUT2D eigenvalue weighted by Crippen LogP contribution is 2.38. The number of carbonyl (C=O) groups is 4. The Morgan fingerprint density at radius 1 is 1.18 bits per heavy atom. The Bertz CT molecular complexity index is 903. The van der Waals surface area contributed by atoms with Gasteiger partial charge in [-0.3, -0.25) is 25.2 Å². The van der Waals surface area contributed by atoms with Gasteiger partial charge in [-0.15, -0.1) is 11.3 Å². The van der Waals surface area contributed by atoms with Crippen molar-refractivity contribution in [2.24, 2.45) is 0 Å². The molecule has 10 heteroatoms. The molecule has 1 aliphatic rings. The Morgan fingerprint density at radius 3 is 2.68 bits per heavy atom. The summed E-state index contributed by atoms with van der Waals surface area (Å²) in [5, 5.41) is 3.11. The smallest absolute Gasteiger partial charge is 0.341 e. The quantitative estimate of drug-likeness (QED) is 0.514. The van der Waals surface area contributed by atoms with E-state index in [1.807, 2.05) is 0 Å². The molecule has 9 nitrogen and oxygen atoms in total. The van der Waals surface area contributed by atoms with Crippen molar-refractivity contribution in [1.29, 1.82) is 0 Å². The summed E-state index contributed by atoms with van der Waals surface area (Å²) in [5.74, 6) is -2.29. The van der Waals surface area contributed by atoms with Gasteiger partial charge in [-0.1, -0.05) is 0 Å². The Labute approximate surface area is 164 Å². The fourth-order valence-electron chi connectivity index (χ4n) is 2.86. The topological polar surface area (TPSA) is 127 Å². The predicted molar refractivity (Wildman–Crippen MR) is 99.9 cm³/mol. The molecule has 2 aromatic heterocycles. The number of esters is 1. The zero-order valence-corrected chi connectivity index (χ0v) is 15.9. The number of hydrogen-bond donors (Lipinski definition) is 3. The minimum atomic E-state index is -0.710. The SMILES string of the molecule is CC(=O)Nc1sc2c(c1C(=O)OCC(=O)NNC(=O)c1ccco1)CCCC2. The van der Waals surface area contributed by atoms with Crippen molar-refractivity contribution in [1.82, 2.24) is 10.9 Å². The Morgan fingerprint density at radius 2 is 1.96 bits per heavy atom. The number of rotatable bonds is 5. The Kier molecular flexibility index (Phi) is 6.09. The summed E-state index contributed by atoms with van der Waals surface area (Å²) in [6, 6.07) is 2.97. The lowest BCUT2D eigenvalue weighted by molar-refractivity contribution is -0.125. The first-order chi connectivity index (χ1) is 13.5. The highest BCUT2D eigenvalue weighted by atomic mass is 32.1. The normalized spacial score (nSPS) is 12.6. The van der Waals surface area contributed by atoms with E-state index in [0.717, 1.165) is 36.1 Å². The van der Waals surface area contributed by atoms with Gasteiger partial charge in [0.05, 0.1) is 11.8 Å². The molecule has 148 valence electrons. The molecule has 1 aliphatic carbocycles. The van der Waals surface area contributed by atoms with Gasteiger partial charge in [0.2, 0.25) is 5.91 Å². The third-order valence-corrected chi connectivity index (χ3v) is 5.27. The lowest BCUT2D eigenvalue weighted by Crippen LogP contribution is -2.43. The van der Waals surface area contributed by atoms with Crippen LogP contribution < -0.4 is 16.2 Å². The third kappa shape index (κ3) is 4.58. The summed E-state index contributed by atoms with van der Waals surface area (Å²) >= 11 is 1.36. The van der Waals surface area contributed by atoms with Crippen LogP contribution in [0.1, 0.15) is 51.1 Å². The highest BCUT2D eigenvalue weighted by molar-refractivity contribution is 7.17. The van der Waals surface area contributed by atoms with Crippen LogP contribution in [0.15, 0.2) is 22.8 Å². The number of furan rings is 1. The van der Waals surface area contributed by atoms with E-state index >= 15 is 0 Å². The highest BCUT2D eigenvalue weighted by Gasteiger charge is 2.27. The molecule has 0 saturated heterocycles. The standard InChI is InChI=1S/C18H19N3O6S/c1-10(22)19-17-15(11-5-2-3-7-13(11)28-17)18(25)27-9-14(23)20-21-16(24)12-6-4-8-26-12/h4,6,8H,2-3,5,7,9H2,1H3,(H,19,22)(H,20,23)(H,21,24). The maximum absolute atomic E-state index is 12.6. The van der Waals surface area contributed by atoms with Gasteiger partial charge in [0.1, 0.15) is 5.00 Å². The zero-order valence-electron chi connectivity index (χ0n) is 15.1.